The van der Waals surface area contributed by atoms with Gasteiger partial charge in [-0.2, -0.15) is 0 Å². The molecule has 0 unspecified atom stereocenters. The molecule has 130 valence electrons. The molecule has 0 radical (unpaired) electrons. The predicted octanol–water partition coefficient (Wildman–Crippen LogP) is 4.44. The number of rotatable bonds is 5. The molecule has 0 aromatic heterocycles. The number of esters is 1. The van der Waals surface area contributed by atoms with Crippen molar-refractivity contribution in [3.63, 3.8) is 0 Å². The number of hydrogen-bond donors (Lipinski definition) is 0. The molecule has 6 heteroatoms. The summed E-state index contributed by atoms with van der Waals surface area (Å²) < 4.78 is 28.0. The minimum Gasteiger partial charge on any atom is -0.418 e. The number of cyclic esters (lactones) is 1. The average molecular weight is 358 g/mol. The summed E-state index contributed by atoms with van der Waals surface area (Å²) in [5, 5.41) is 0. The molecule has 1 aliphatic rings. The minimum absolute atomic E-state index is 0.0662. The van der Waals surface area contributed by atoms with Gasteiger partial charge < -0.3 is 13.8 Å². The first-order chi connectivity index (χ1) is 12.1. The molecule has 1 heterocycles. The van der Waals surface area contributed by atoms with E-state index in [1.54, 1.807) is 6.08 Å². The zero-order chi connectivity index (χ0) is 17.9. The maximum atomic E-state index is 12.8. The van der Waals surface area contributed by atoms with Crippen molar-refractivity contribution in [1.29, 1.82) is 0 Å². The van der Waals surface area contributed by atoms with Crippen molar-refractivity contribution in [1.82, 2.24) is 0 Å². The van der Waals surface area contributed by atoms with Crippen molar-refractivity contribution >= 4 is 13.6 Å². The molecule has 2 atom stereocenters. The highest BCUT2D eigenvalue weighted by atomic mass is 31.2. The number of benzene rings is 2. The van der Waals surface area contributed by atoms with E-state index in [0.29, 0.717) is 0 Å². The molecule has 0 saturated carbocycles. The lowest BCUT2D eigenvalue weighted by atomic mass is 9.80. The first kappa shape index (κ1) is 17.6. The van der Waals surface area contributed by atoms with E-state index in [-0.39, 0.29) is 11.4 Å². The van der Waals surface area contributed by atoms with E-state index in [0.717, 1.165) is 11.1 Å². The fourth-order valence-corrected chi connectivity index (χ4v) is 4.02. The molecule has 0 aliphatic carbocycles. The summed E-state index contributed by atoms with van der Waals surface area (Å²) in [6.07, 6.45) is 1.67. The smallest absolute Gasteiger partial charge is 0.395 e. The van der Waals surface area contributed by atoms with Crippen LogP contribution in [0.3, 0.4) is 0 Å². The second-order valence-corrected chi connectivity index (χ2v) is 7.78. The van der Waals surface area contributed by atoms with Crippen LogP contribution in [0.15, 0.2) is 72.2 Å². The quantitative estimate of drug-likeness (QED) is 0.584. The molecule has 1 aliphatic heterocycles. The summed E-state index contributed by atoms with van der Waals surface area (Å²) in [5.41, 5.74) is 1.69. The van der Waals surface area contributed by atoms with E-state index < -0.39 is 19.5 Å². The SMILES string of the molecule is COP(=O)(OC)C1=C[C@@H](c2ccccc2)[C@H](c2ccccc2)C(=O)O1. The summed E-state index contributed by atoms with van der Waals surface area (Å²) in [7, 11) is -1.12. The van der Waals surface area contributed by atoms with E-state index in [9.17, 15) is 9.36 Å². The van der Waals surface area contributed by atoms with Crippen molar-refractivity contribution in [2.45, 2.75) is 11.8 Å². The molecule has 0 fully saturated rings. The van der Waals surface area contributed by atoms with Crippen LogP contribution in [0.4, 0.5) is 0 Å². The summed E-state index contributed by atoms with van der Waals surface area (Å²) in [6, 6.07) is 19.0. The Labute approximate surface area is 146 Å². The van der Waals surface area contributed by atoms with Gasteiger partial charge >= 0.3 is 13.6 Å². The Hall–Kier alpha value is -2.20. The van der Waals surface area contributed by atoms with Crippen LogP contribution < -0.4 is 0 Å². The molecule has 3 rings (SSSR count). The van der Waals surface area contributed by atoms with E-state index >= 15 is 0 Å². The molecule has 2 aromatic rings. The second-order valence-electron chi connectivity index (χ2n) is 5.61. The molecular weight excluding hydrogens is 339 g/mol. The van der Waals surface area contributed by atoms with Crippen LogP contribution in [0.5, 0.6) is 0 Å². The first-order valence-electron chi connectivity index (χ1n) is 7.84. The monoisotopic (exact) mass is 358 g/mol. The highest BCUT2D eigenvalue weighted by molar-refractivity contribution is 7.58. The summed E-state index contributed by atoms with van der Waals surface area (Å²) in [6.45, 7) is 0. The van der Waals surface area contributed by atoms with Crippen LogP contribution in [0, 0.1) is 0 Å². The van der Waals surface area contributed by atoms with Crippen LogP contribution in [0.25, 0.3) is 0 Å². The standard InChI is InChI=1S/C19H19O5P/c1-22-25(21,23-2)17-13-16(14-9-5-3-6-10-14)18(19(20)24-17)15-11-7-4-8-12-15/h3-13,16,18H,1-2H3/t16-,18-/m0/s1. The Morgan fingerprint density at radius 2 is 1.40 bits per heavy atom. The van der Waals surface area contributed by atoms with Crippen LogP contribution in [0.1, 0.15) is 23.0 Å². The van der Waals surface area contributed by atoms with Crippen molar-refractivity contribution in [2.24, 2.45) is 0 Å². The van der Waals surface area contributed by atoms with Crippen molar-refractivity contribution in [3.8, 4) is 0 Å². The van der Waals surface area contributed by atoms with Gasteiger partial charge in [-0.05, 0) is 17.2 Å². The number of allylic oxidation sites excluding steroid dienone is 1. The number of carbonyl (C=O) groups excluding carboxylic acids is 1. The van der Waals surface area contributed by atoms with E-state index in [4.69, 9.17) is 13.8 Å². The van der Waals surface area contributed by atoms with Gasteiger partial charge in [0.1, 0.15) is 0 Å². The Balaban J connectivity index is 2.13. The highest BCUT2D eigenvalue weighted by Crippen LogP contribution is 2.58. The predicted molar refractivity (Wildman–Crippen MR) is 94.2 cm³/mol. The van der Waals surface area contributed by atoms with Gasteiger partial charge in [0.05, 0.1) is 5.92 Å². The van der Waals surface area contributed by atoms with E-state index in [1.807, 2.05) is 60.7 Å². The molecule has 0 amide bonds. The van der Waals surface area contributed by atoms with Gasteiger partial charge in [-0.15, -0.1) is 0 Å². The number of hydrogen-bond acceptors (Lipinski definition) is 5. The van der Waals surface area contributed by atoms with Crippen LogP contribution in [0.2, 0.25) is 0 Å². The van der Waals surface area contributed by atoms with Gasteiger partial charge in [0.25, 0.3) is 0 Å². The van der Waals surface area contributed by atoms with Crippen molar-refractivity contribution in [3.05, 3.63) is 83.4 Å². The molecule has 0 bridgehead atoms. The van der Waals surface area contributed by atoms with Crippen LogP contribution >= 0.6 is 7.60 Å². The topological polar surface area (TPSA) is 61.8 Å². The Morgan fingerprint density at radius 1 is 0.880 bits per heavy atom. The van der Waals surface area contributed by atoms with Crippen LogP contribution in [-0.2, 0) is 23.1 Å². The van der Waals surface area contributed by atoms with Gasteiger partial charge in [0.2, 0.25) is 5.50 Å². The molecule has 2 aromatic carbocycles. The maximum Gasteiger partial charge on any atom is 0.395 e. The fourth-order valence-electron chi connectivity index (χ4n) is 2.97. The third-order valence-corrected chi connectivity index (χ3v) is 5.98. The molecule has 25 heavy (non-hydrogen) atoms. The Kier molecular flexibility index (Phi) is 5.19. The second kappa shape index (κ2) is 7.36. The molecular formula is C19H19O5P. The molecule has 0 spiro atoms. The fraction of sp³-hybridized carbons (Fsp3) is 0.211. The van der Waals surface area contributed by atoms with Crippen LogP contribution in [-0.4, -0.2) is 20.2 Å². The lowest BCUT2D eigenvalue weighted by Crippen LogP contribution is -2.26. The third kappa shape index (κ3) is 3.45. The zero-order valence-corrected chi connectivity index (χ0v) is 14.9. The van der Waals surface area contributed by atoms with Gasteiger partial charge in [-0.1, -0.05) is 60.7 Å². The van der Waals surface area contributed by atoms with E-state index in [1.165, 1.54) is 14.2 Å². The normalized spacial score (nSPS) is 20.7. The van der Waals surface area contributed by atoms with Gasteiger partial charge in [-0.25, -0.2) is 0 Å². The Morgan fingerprint density at radius 3 is 1.92 bits per heavy atom. The zero-order valence-electron chi connectivity index (χ0n) is 14.0. The molecule has 0 N–H and O–H groups in total. The Bertz CT molecular complexity index is 808. The maximum absolute atomic E-state index is 12.8. The first-order valence-corrected chi connectivity index (χ1v) is 9.39. The summed E-state index contributed by atoms with van der Waals surface area (Å²) >= 11 is 0. The van der Waals surface area contributed by atoms with Gasteiger partial charge in [-0.3, -0.25) is 9.36 Å². The molecule has 0 saturated heterocycles. The van der Waals surface area contributed by atoms with Gasteiger partial charge in [0, 0.05) is 20.1 Å². The third-order valence-electron chi connectivity index (χ3n) is 4.23. The number of carbonyl (C=O) groups is 1. The average Bonchev–Trinajstić information content (AvgIpc) is 2.68. The highest BCUT2D eigenvalue weighted by Gasteiger charge is 2.42. The number of ether oxygens (including phenoxy) is 1. The van der Waals surface area contributed by atoms with E-state index in [2.05, 4.69) is 0 Å². The minimum atomic E-state index is -3.65. The summed E-state index contributed by atoms with van der Waals surface area (Å²) in [5.74, 6) is -1.35. The largest absolute Gasteiger partial charge is 0.418 e. The van der Waals surface area contributed by atoms with Crippen molar-refractivity contribution < 1.29 is 23.1 Å². The lowest BCUT2D eigenvalue weighted by molar-refractivity contribution is -0.142. The lowest BCUT2D eigenvalue weighted by Gasteiger charge is -2.30. The van der Waals surface area contributed by atoms with Crippen molar-refractivity contribution in [2.75, 3.05) is 14.2 Å². The van der Waals surface area contributed by atoms with Gasteiger partial charge in [0.15, 0.2) is 0 Å². The molecule has 5 nitrogen and oxygen atoms in total. The summed E-state index contributed by atoms with van der Waals surface area (Å²) in [4.78, 5) is 12.8.